The van der Waals surface area contributed by atoms with E-state index in [0.29, 0.717) is 6.42 Å². The first-order chi connectivity index (χ1) is 57.4. The van der Waals surface area contributed by atoms with Gasteiger partial charge in [0.25, 0.3) is 11.8 Å². The summed E-state index contributed by atoms with van der Waals surface area (Å²) in [5, 5.41) is 5.53. The van der Waals surface area contributed by atoms with Crippen LogP contribution in [-0.4, -0.2) is 55.1 Å². The number of benzene rings is 1. The maximum atomic E-state index is 12.5. The Bertz CT molecular complexity index is 7080. The van der Waals surface area contributed by atoms with Gasteiger partial charge in [-0.2, -0.15) is 0 Å². The average Bonchev–Trinajstić information content (AvgIpc) is 1.78. The van der Waals surface area contributed by atoms with E-state index < -0.39 is 5.92 Å². The zero-order valence-electron chi connectivity index (χ0n) is 59.9. The van der Waals surface area contributed by atoms with Crippen LogP contribution >= 0.6 is 0 Å². The van der Waals surface area contributed by atoms with Crippen LogP contribution in [0.3, 0.4) is 0 Å². The largest absolute Gasteiger partial charge is 0.354 e. The second kappa shape index (κ2) is 76.6. The Hall–Kier alpha value is -22.6. The molecule has 0 spiro atoms. The number of Topliss-reactive ketones (excluding diaryl/α,β-unsaturated/α-hetero) is 1. The van der Waals surface area contributed by atoms with Crippen molar-refractivity contribution in [3.63, 3.8) is 0 Å². The van der Waals surface area contributed by atoms with E-state index >= 15 is 0 Å². The summed E-state index contributed by atoms with van der Waals surface area (Å²) < 4.78 is 0. The van der Waals surface area contributed by atoms with E-state index in [1.807, 2.05) is 30.3 Å². The van der Waals surface area contributed by atoms with Crippen LogP contribution in [0.25, 0.3) is 0 Å². The SMILES string of the molecule is C#CC#CC#CC#CC#CC#CC#CC#CC#CC#CC#CC#CC#CC#CC#CC#CC#CC#CC#CC#CC#CC#CC#CC#CC#CC#CC#CC#CC#CC#CC#CC#CC#CC#CC#CC#CC#CC#CC#CC#CC#CC#CC#CC#CC#C.CNCC(=O)C[C@@H](Cc1ccccc1)C(=O)NCCN1C(=O)C=CC1=O. The van der Waals surface area contributed by atoms with Gasteiger partial charge in [0, 0.05) is 464 Å². The van der Waals surface area contributed by atoms with Crippen molar-refractivity contribution >= 4 is 23.5 Å². The van der Waals surface area contributed by atoms with Gasteiger partial charge in [-0.25, -0.2) is 0 Å². The molecule has 500 valence electrons. The minimum absolute atomic E-state index is 0.0438. The molecule has 0 saturated carbocycles. The maximum absolute atomic E-state index is 12.5. The van der Waals surface area contributed by atoms with Gasteiger partial charge in [0.2, 0.25) is 5.91 Å². The third-order valence-electron chi connectivity index (χ3n) is 9.54. The number of rotatable bonds is 10. The molecule has 0 bridgehead atoms. The summed E-state index contributed by atoms with van der Waals surface area (Å²) in [5.41, 5.74) is 0.971. The van der Waals surface area contributed by atoms with Crippen molar-refractivity contribution in [2.24, 2.45) is 5.92 Å². The number of imide groups is 1. The molecule has 7 heteroatoms. The van der Waals surface area contributed by atoms with Gasteiger partial charge in [-0.3, -0.25) is 24.1 Å². The molecule has 2 rings (SSSR count). The molecule has 0 unspecified atom stereocenters. The van der Waals surface area contributed by atoms with Gasteiger partial charge in [-0.1, -0.05) is 30.3 Å². The molecule has 3 amide bonds. The van der Waals surface area contributed by atoms with Gasteiger partial charge < -0.3 is 10.6 Å². The zero-order chi connectivity index (χ0) is 83.2. The summed E-state index contributed by atoms with van der Waals surface area (Å²) in [6, 6.07) is 9.49. The van der Waals surface area contributed by atoms with E-state index in [9.17, 15) is 19.2 Å². The third-order valence-corrected chi connectivity index (χ3v) is 9.54. The lowest BCUT2D eigenvalue weighted by Crippen LogP contribution is -2.41. The van der Waals surface area contributed by atoms with E-state index in [1.165, 1.54) is 12.2 Å². The Balaban J connectivity index is 0.00000216. The number of nitrogens with zero attached hydrogens (tertiary/aromatic N) is 1. The zero-order valence-corrected chi connectivity index (χ0v) is 59.9. The smallest absolute Gasteiger partial charge is 0.253 e. The molecule has 116 heavy (non-hydrogen) atoms. The second-order valence-corrected chi connectivity index (χ2v) is 17.2. The molecular formula is C109H25N3O4. The normalized spacial score (nSPS) is 6.32. The molecule has 0 aromatic heterocycles. The Morgan fingerprint density at radius 1 is 0.284 bits per heavy atom. The molecule has 1 heterocycles. The predicted molar refractivity (Wildman–Crippen MR) is 448 cm³/mol. The second-order valence-electron chi connectivity index (χ2n) is 17.2. The number of terminal acetylenes is 2. The summed E-state index contributed by atoms with van der Waals surface area (Å²) in [6.45, 7) is 0.476. The molecule has 1 aromatic carbocycles. The molecule has 1 aliphatic heterocycles. The van der Waals surface area contributed by atoms with Gasteiger partial charge >= 0.3 is 0 Å². The molecule has 0 fully saturated rings. The van der Waals surface area contributed by atoms with Crippen molar-refractivity contribution < 1.29 is 19.2 Å². The number of carbonyl (C=O) groups excluding carboxylic acids is 4. The van der Waals surface area contributed by atoms with E-state index in [4.69, 9.17) is 12.8 Å². The highest BCUT2D eigenvalue weighted by atomic mass is 16.2. The van der Waals surface area contributed by atoms with Crippen LogP contribution in [0.4, 0.5) is 0 Å². The van der Waals surface area contributed by atoms with E-state index in [0.717, 1.165) is 10.5 Å². The molecule has 1 atom stereocenters. The topological polar surface area (TPSA) is 95.6 Å². The highest BCUT2D eigenvalue weighted by Crippen LogP contribution is 2.14. The summed E-state index contributed by atoms with van der Waals surface area (Å²) in [4.78, 5) is 48.6. The van der Waals surface area contributed by atoms with Crippen LogP contribution in [0.15, 0.2) is 42.5 Å². The molecule has 0 aliphatic carbocycles. The third kappa shape index (κ3) is 66.0. The van der Waals surface area contributed by atoms with Crippen molar-refractivity contribution in [3.8, 4) is 534 Å². The lowest BCUT2D eigenvalue weighted by atomic mass is 9.93. The molecule has 7 nitrogen and oxygen atoms in total. The number of carbonyl (C=O) groups is 4. The highest BCUT2D eigenvalue weighted by molar-refractivity contribution is 6.13. The van der Waals surface area contributed by atoms with Gasteiger partial charge in [0.1, 0.15) is 5.78 Å². The van der Waals surface area contributed by atoms with Crippen LogP contribution in [0.5, 0.6) is 0 Å². The lowest BCUT2D eigenvalue weighted by molar-refractivity contribution is -0.137. The van der Waals surface area contributed by atoms with E-state index in [2.05, 4.69) is 532 Å². The first-order valence-corrected chi connectivity index (χ1v) is 30.9. The quantitative estimate of drug-likeness (QED) is 0.263. The summed E-state index contributed by atoms with van der Waals surface area (Å²) in [5.74, 6) is 217. The van der Waals surface area contributed by atoms with E-state index in [1.54, 1.807) is 7.05 Å². The number of ketones is 1. The Morgan fingerprint density at radius 2 is 0.457 bits per heavy atom. The maximum Gasteiger partial charge on any atom is 0.253 e. The minimum Gasteiger partial charge on any atom is -0.354 e. The fourth-order valence-corrected chi connectivity index (χ4v) is 5.48. The van der Waals surface area contributed by atoms with Crippen molar-refractivity contribution in [2.45, 2.75) is 12.8 Å². The number of amides is 3. The standard InChI is InChI=1S/C90H2.C19H23N3O4/c1-3-5-7-9-11-13-15-17-19-21-23-25-27-29-31-33-35-37-39-41-43-45-47-49-51-53-55-57-59-61-63-65-67-69-71-73-75-77-79-81-83-85-87-89-90-88-86-84-82-80-78-76-74-72-70-68-66-64-62-60-58-56-54-52-50-48-46-44-42-40-38-36-34-32-30-28-26-24-22-20-18-16-14-12-10-8-6-4-2;1-20-13-16(23)12-15(11-14-5-3-2-4-6-14)19(26)21-9-10-22-17(24)7-8-18(22)25/h1-2H;2-8,15,20H,9-13H2,1H3,(H,21,26)/t;15-/m.1/s1. The summed E-state index contributed by atoms with van der Waals surface area (Å²) >= 11 is 0. The highest BCUT2D eigenvalue weighted by Gasteiger charge is 2.25. The Kier molecular flexibility index (Phi) is 60.3. The Labute approximate surface area is 681 Å². The van der Waals surface area contributed by atoms with Gasteiger partial charge in [-0.15, -0.1) is 12.8 Å². The van der Waals surface area contributed by atoms with Crippen LogP contribution in [0.1, 0.15) is 12.0 Å². The van der Waals surface area contributed by atoms with Gasteiger partial charge in [0.15, 0.2) is 0 Å². The number of likely N-dealkylation sites (N-methyl/N-ethyl adjacent to an activating group) is 1. The number of hydrogen-bond donors (Lipinski definition) is 2. The minimum atomic E-state index is -0.499. The molecule has 0 radical (unpaired) electrons. The monoisotopic (exact) mass is 1440 g/mol. The van der Waals surface area contributed by atoms with Crippen molar-refractivity contribution in [1.82, 2.24) is 15.5 Å². The number of nitrogens with one attached hydrogen (secondary N) is 2. The Morgan fingerprint density at radius 3 is 0.621 bits per heavy atom. The molecule has 2 N–H and O–H groups in total. The van der Waals surface area contributed by atoms with Crippen molar-refractivity contribution in [1.29, 1.82) is 0 Å². The molecular weight excluding hydrogens is 1420 g/mol. The first-order valence-electron chi connectivity index (χ1n) is 30.9. The first kappa shape index (κ1) is 91.4. The van der Waals surface area contributed by atoms with Crippen LogP contribution in [-0.2, 0) is 25.6 Å². The van der Waals surface area contributed by atoms with Gasteiger partial charge in [0.05, 0.1) is 6.54 Å². The van der Waals surface area contributed by atoms with Crippen molar-refractivity contribution in [3.05, 3.63) is 48.0 Å². The van der Waals surface area contributed by atoms with Crippen LogP contribution in [0, 0.1) is 540 Å². The molecule has 1 aromatic rings. The van der Waals surface area contributed by atoms with E-state index in [-0.39, 0.29) is 49.6 Å². The van der Waals surface area contributed by atoms with Crippen LogP contribution in [0.2, 0.25) is 0 Å². The number of hydrogen-bond acceptors (Lipinski definition) is 5. The lowest BCUT2D eigenvalue weighted by Gasteiger charge is -2.18. The fourth-order valence-electron chi connectivity index (χ4n) is 5.48. The summed E-state index contributed by atoms with van der Waals surface area (Å²) in [7, 11) is 1.68. The fraction of sp³-hybridized carbons (Fsp3) is 0.0642. The summed E-state index contributed by atoms with van der Waals surface area (Å²) in [6.07, 6.45) is 12.9. The molecule has 0 saturated heterocycles. The van der Waals surface area contributed by atoms with Gasteiger partial charge in [-0.05, 0) is 114 Å². The molecule has 1 aliphatic rings. The van der Waals surface area contributed by atoms with Crippen LogP contribution < -0.4 is 10.6 Å². The average molecular weight is 1440 g/mol. The van der Waals surface area contributed by atoms with Crippen molar-refractivity contribution in [2.75, 3.05) is 26.7 Å². The predicted octanol–water partition coefficient (Wildman–Crippen LogP) is 0.464.